The van der Waals surface area contributed by atoms with Gasteiger partial charge in [-0.25, -0.2) is 0 Å². The highest BCUT2D eigenvalue weighted by Gasteiger charge is 2.12. The highest BCUT2D eigenvalue weighted by molar-refractivity contribution is 6.20. The zero-order valence-electron chi connectivity index (χ0n) is 9.26. The van der Waals surface area contributed by atoms with Crippen LogP contribution in [0.4, 0.5) is 0 Å². The van der Waals surface area contributed by atoms with Crippen LogP contribution in [0.3, 0.4) is 0 Å². The van der Waals surface area contributed by atoms with E-state index >= 15 is 0 Å². The number of hydrogen-bond acceptors (Lipinski definition) is 0. The van der Waals surface area contributed by atoms with E-state index in [1.165, 1.54) is 11.1 Å². The van der Waals surface area contributed by atoms with Gasteiger partial charge >= 0.3 is 0 Å². The van der Waals surface area contributed by atoms with Crippen molar-refractivity contribution >= 4 is 11.6 Å². The molecule has 0 aliphatic rings. The lowest BCUT2D eigenvalue weighted by atomic mass is 9.96. The van der Waals surface area contributed by atoms with Crippen LogP contribution in [0.15, 0.2) is 24.3 Å². The van der Waals surface area contributed by atoms with Gasteiger partial charge in [0.2, 0.25) is 0 Å². The molecule has 1 heteroatoms. The van der Waals surface area contributed by atoms with Crippen LogP contribution < -0.4 is 0 Å². The Hall–Kier alpha value is -0.490. The minimum Gasteiger partial charge on any atom is -0.123 e. The van der Waals surface area contributed by atoms with E-state index in [1.54, 1.807) is 0 Å². The molecule has 1 aromatic rings. The van der Waals surface area contributed by atoms with Crippen LogP contribution in [0.5, 0.6) is 0 Å². The summed E-state index contributed by atoms with van der Waals surface area (Å²) in [6.45, 7) is 6.50. The summed E-state index contributed by atoms with van der Waals surface area (Å²) in [7, 11) is 0. The third kappa shape index (κ3) is 3.34. The lowest BCUT2D eigenvalue weighted by Crippen LogP contribution is -2.12. The summed E-state index contributed by atoms with van der Waals surface area (Å²) in [6.07, 6.45) is 2.14. The highest BCUT2D eigenvalue weighted by atomic mass is 35.5. The summed E-state index contributed by atoms with van der Waals surface area (Å²) >= 11 is 6.21. The second-order valence-electron chi connectivity index (χ2n) is 4.09. The summed E-state index contributed by atoms with van der Waals surface area (Å²) in [4.78, 5) is 0. The van der Waals surface area contributed by atoms with E-state index in [9.17, 15) is 0 Å². The fourth-order valence-electron chi connectivity index (χ4n) is 1.74. The lowest BCUT2D eigenvalue weighted by molar-refractivity contribution is 0.531. The number of rotatable bonds is 4. The predicted octanol–water partition coefficient (Wildman–Crippen LogP) is 4.19. The molecule has 0 radical (unpaired) electrons. The summed E-state index contributed by atoms with van der Waals surface area (Å²) in [5.41, 5.74) is 2.73. The van der Waals surface area contributed by atoms with Crippen LogP contribution in [0.25, 0.3) is 0 Å². The van der Waals surface area contributed by atoms with Gasteiger partial charge < -0.3 is 0 Å². The Kier molecular flexibility index (Phi) is 4.47. The quantitative estimate of drug-likeness (QED) is 0.654. The van der Waals surface area contributed by atoms with Crippen molar-refractivity contribution < 1.29 is 0 Å². The molecule has 0 heterocycles. The molecule has 0 nitrogen and oxygen atoms in total. The number of benzene rings is 1. The number of hydrogen-bond donors (Lipinski definition) is 0. The van der Waals surface area contributed by atoms with Crippen LogP contribution in [-0.2, 0) is 6.42 Å². The zero-order chi connectivity index (χ0) is 10.6. The molecule has 0 saturated carbocycles. The number of aryl methyl sites for hydroxylation is 1. The monoisotopic (exact) mass is 210 g/mol. The molecule has 0 saturated heterocycles. The number of alkyl halides is 1. The highest BCUT2D eigenvalue weighted by Crippen LogP contribution is 2.19. The molecule has 2 atom stereocenters. The molecule has 0 spiro atoms. The molecular formula is C13H19Cl. The van der Waals surface area contributed by atoms with Crippen molar-refractivity contribution in [2.45, 2.75) is 39.0 Å². The van der Waals surface area contributed by atoms with Gasteiger partial charge in [0.1, 0.15) is 0 Å². The average Bonchev–Trinajstić information content (AvgIpc) is 2.16. The van der Waals surface area contributed by atoms with Gasteiger partial charge in [-0.1, -0.05) is 43.7 Å². The molecule has 1 rings (SSSR count). The SMILES string of the molecule is CCC(Cl)C(C)Cc1cccc(C)c1. The van der Waals surface area contributed by atoms with Gasteiger partial charge in [-0.15, -0.1) is 11.6 Å². The summed E-state index contributed by atoms with van der Waals surface area (Å²) in [5.74, 6) is 0.559. The van der Waals surface area contributed by atoms with Crippen molar-refractivity contribution in [3.8, 4) is 0 Å². The minimum absolute atomic E-state index is 0.301. The molecule has 0 amide bonds. The normalized spacial score (nSPS) is 15.1. The maximum Gasteiger partial charge on any atom is 0.0362 e. The first-order valence-electron chi connectivity index (χ1n) is 5.33. The van der Waals surface area contributed by atoms with Crippen molar-refractivity contribution in [3.63, 3.8) is 0 Å². The summed E-state index contributed by atoms with van der Waals surface area (Å²) in [6, 6.07) is 8.68. The first-order chi connectivity index (χ1) is 6.63. The summed E-state index contributed by atoms with van der Waals surface area (Å²) < 4.78 is 0. The van der Waals surface area contributed by atoms with E-state index in [0.29, 0.717) is 11.3 Å². The molecule has 2 unspecified atom stereocenters. The molecule has 0 N–H and O–H groups in total. The molecule has 0 aromatic heterocycles. The summed E-state index contributed by atoms with van der Waals surface area (Å²) in [5, 5.41) is 0.301. The Bertz CT molecular complexity index is 280. The van der Waals surface area contributed by atoms with Crippen molar-refractivity contribution in [2.24, 2.45) is 5.92 Å². The van der Waals surface area contributed by atoms with Gasteiger partial charge in [0.15, 0.2) is 0 Å². The van der Waals surface area contributed by atoms with Crippen LogP contribution >= 0.6 is 11.6 Å². The molecule has 0 bridgehead atoms. The van der Waals surface area contributed by atoms with Crippen molar-refractivity contribution in [2.75, 3.05) is 0 Å². The van der Waals surface area contributed by atoms with E-state index in [-0.39, 0.29) is 0 Å². The molecule has 0 aliphatic heterocycles. The van der Waals surface area contributed by atoms with Crippen LogP contribution in [0.2, 0.25) is 0 Å². The smallest absolute Gasteiger partial charge is 0.0362 e. The van der Waals surface area contributed by atoms with E-state index in [0.717, 1.165) is 12.8 Å². The fourth-order valence-corrected chi connectivity index (χ4v) is 1.83. The first-order valence-corrected chi connectivity index (χ1v) is 5.76. The van der Waals surface area contributed by atoms with Crippen molar-refractivity contribution in [1.29, 1.82) is 0 Å². The third-order valence-electron chi connectivity index (χ3n) is 2.65. The molecule has 78 valence electrons. The van der Waals surface area contributed by atoms with Crippen molar-refractivity contribution in [1.82, 2.24) is 0 Å². The molecule has 0 aliphatic carbocycles. The second kappa shape index (κ2) is 5.41. The lowest BCUT2D eigenvalue weighted by Gasteiger charge is -2.16. The second-order valence-corrected chi connectivity index (χ2v) is 4.66. The van der Waals surface area contributed by atoms with Gasteiger partial charge in [0, 0.05) is 5.38 Å². The van der Waals surface area contributed by atoms with Gasteiger partial charge in [0.25, 0.3) is 0 Å². The van der Waals surface area contributed by atoms with Crippen LogP contribution in [-0.4, -0.2) is 5.38 Å². The van der Waals surface area contributed by atoms with Crippen LogP contribution in [0.1, 0.15) is 31.4 Å². The average molecular weight is 211 g/mol. The topological polar surface area (TPSA) is 0 Å². The van der Waals surface area contributed by atoms with E-state index in [1.807, 2.05) is 0 Å². The maximum atomic E-state index is 6.21. The molecule has 1 aromatic carbocycles. The van der Waals surface area contributed by atoms with E-state index < -0.39 is 0 Å². The Morgan fingerprint density at radius 1 is 1.36 bits per heavy atom. The Morgan fingerprint density at radius 2 is 2.07 bits per heavy atom. The van der Waals surface area contributed by atoms with Gasteiger partial charge in [0.05, 0.1) is 0 Å². The van der Waals surface area contributed by atoms with Gasteiger partial charge in [-0.3, -0.25) is 0 Å². The molecule has 0 fully saturated rings. The Morgan fingerprint density at radius 3 is 2.64 bits per heavy atom. The van der Waals surface area contributed by atoms with Gasteiger partial charge in [-0.05, 0) is 31.2 Å². The Balaban J connectivity index is 2.60. The van der Waals surface area contributed by atoms with E-state index in [4.69, 9.17) is 11.6 Å². The maximum absolute atomic E-state index is 6.21. The fraction of sp³-hybridized carbons (Fsp3) is 0.538. The van der Waals surface area contributed by atoms with Gasteiger partial charge in [-0.2, -0.15) is 0 Å². The zero-order valence-corrected chi connectivity index (χ0v) is 10.0. The van der Waals surface area contributed by atoms with E-state index in [2.05, 4.69) is 45.0 Å². The first kappa shape index (κ1) is 11.6. The van der Waals surface area contributed by atoms with Crippen molar-refractivity contribution in [3.05, 3.63) is 35.4 Å². The molecular weight excluding hydrogens is 192 g/mol. The Labute approximate surface area is 92.3 Å². The third-order valence-corrected chi connectivity index (χ3v) is 3.39. The number of halogens is 1. The van der Waals surface area contributed by atoms with Crippen LogP contribution in [0, 0.1) is 12.8 Å². The predicted molar refractivity (Wildman–Crippen MR) is 64.0 cm³/mol. The minimum atomic E-state index is 0.301. The molecule has 14 heavy (non-hydrogen) atoms. The largest absolute Gasteiger partial charge is 0.123 e. The standard InChI is InChI=1S/C13H19Cl/c1-4-13(14)11(3)9-12-7-5-6-10(2)8-12/h5-8,11,13H,4,9H2,1-3H3.